The largest absolute Gasteiger partial charge is 0.481 e. The van der Waals surface area contributed by atoms with Crippen molar-refractivity contribution >= 4 is 18.2 Å². The molecule has 0 radical (unpaired) electrons. The Bertz CT molecular complexity index is 307. The Labute approximate surface area is 98.4 Å². The summed E-state index contributed by atoms with van der Waals surface area (Å²) in [7, 11) is 0. The standard InChI is InChI=1S/C10H16N2O5/c13-6-7-2-1-5-12(7)11-8(10(16)17)3-4-9(14)15/h6-8,11H,1-5H2,(H,14,15)(H,16,17)/t7-,8?/m0/s1. The molecule has 1 aliphatic rings. The molecule has 0 aromatic heterocycles. The smallest absolute Gasteiger partial charge is 0.322 e. The number of aldehydes is 1. The zero-order valence-electron chi connectivity index (χ0n) is 9.33. The number of aliphatic carboxylic acids is 2. The van der Waals surface area contributed by atoms with Gasteiger partial charge >= 0.3 is 11.9 Å². The highest BCUT2D eigenvalue weighted by atomic mass is 16.4. The van der Waals surface area contributed by atoms with E-state index in [1.165, 1.54) is 0 Å². The van der Waals surface area contributed by atoms with Gasteiger partial charge in [-0.1, -0.05) is 0 Å². The molecule has 0 spiro atoms. The minimum Gasteiger partial charge on any atom is -0.481 e. The molecule has 0 saturated carbocycles. The maximum Gasteiger partial charge on any atom is 0.322 e. The molecule has 0 aromatic rings. The number of carboxylic acids is 2. The van der Waals surface area contributed by atoms with Crippen LogP contribution in [0.15, 0.2) is 0 Å². The molecular weight excluding hydrogens is 228 g/mol. The number of carboxylic acid groups (broad SMARTS) is 2. The van der Waals surface area contributed by atoms with Crippen molar-refractivity contribution in [1.82, 2.24) is 10.4 Å². The zero-order valence-corrected chi connectivity index (χ0v) is 9.33. The number of hydrazine groups is 1. The van der Waals surface area contributed by atoms with Crippen LogP contribution in [0.2, 0.25) is 0 Å². The Balaban J connectivity index is 2.51. The normalized spacial score (nSPS) is 22.2. The average Bonchev–Trinajstić information content (AvgIpc) is 2.70. The molecule has 0 aromatic carbocycles. The van der Waals surface area contributed by atoms with Gasteiger partial charge in [0.25, 0.3) is 0 Å². The highest BCUT2D eigenvalue weighted by Crippen LogP contribution is 2.13. The quantitative estimate of drug-likeness (QED) is 0.517. The minimum atomic E-state index is -1.11. The van der Waals surface area contributed by atoms with Crippen molar-refractivity contribution in [2.45, 2.75) is 37.8 Å². The fraction of sp³-hybridized carbons (Fsp3) is 0.700. The number of nitrogens with one attached hydrogen (secondary N) is 1. The summed E-state index contributed by atoms with van der Waals surface area (Å²) < 4.78 is 0. The summed E-state index contributed by atoms with van der Waals surface area (Å²) >= 11 is 0. The second-order valence-electron chi connectivity index (χ2n) is 3.99. The Morgan fingerprint density at radius 3 is 2.71 bits per heavy atom. The second kappa shape index (κ2) is 6.31. The summed E-state index contributed by atoms with van der Waals surface area (Å²) in [5.74, 6) is -2.14. The van der Waals surface area contributed by atoms with Crippen molar-refractivity contribution in [1.29, 1.82) is 0 Å². The van der Waals surface area contributed by atoms with Gasteiger partial charge in [-0.25, -0.2) is 10.4 Å². The van der Waals surface area contributed by atoms with Crippen molar-refractivity contribution in [2.75, 3.05) is 6.54 Å². The summed E-state index contributed by atoms with van der Waals surface area (Å²) in [4.78, 5) is 32.0. The molecule has 1 saturated heterocycles. The number of carbonyl (C=O) groups excluding carboxylic acids is 1. The van der Waals surface area contributed by atoms with Crippen LogP contribution in [0, 0.1) is 0 Å². The molecule has 1 rings (SSSR count). The third kappa shape index (κ3) is 4.12. The number of rotatable bonds is 7. The van der Waals surface area contributed by atoms with E-state index < -0.39 is 18.0 Å². The fourth-order valence-electron chi connectivity index (χ4n) is 1.81. The number of hydrogen-bond acceptors (Lipinski definition) is 5. The van der Waals surface area contributed by atoms with E-state index in [2.05, 4.69) is 5.43 Å². The molecule has 1 aliphatic heterocycles. The third-order valence-corrected chi connectivity index (χ3v) is 2.72. The molecule has 3 N–H and O–H groups in total. The van der Waals surface area contributed by atoms with Gasteiger partial charge in [-0.05, 0) is 19.3 Å². The van der Waals surface area contributed by atoms with Crippen LogP contribution in [-0.4, -0.2) is 52.1 Å². The van der Waals surface area contributed by atoms with Gasteiger partial charge in [0.2, 0.25) is 0 Å². The van der Waals surface area contributed by atoms with Crippen molar-refractivity contribution < 1.29 is 24.6 Å². The summed E-state index contributed by atoms with van der Waals surface area (Å²) in [6, 6.07) is -1.28. The molecule has 2 atom stereocenters. The Hall–Kier alpha value is -1.47. The summed E-state index contributed by atoms with van der Waals surface area (Å²) in [6.45, 7) is 0.597. The molecule has 17 heavy (non-hydrogen) atoms. The van der Waals surface area contributed by atoms with Crippen LogP contribution < -0.4 is 5.43 Å². The van der Waals surface area contributed by atoms with Gasteiger partial charge in [-0.15, -0.1) is 0 Å². The van der Waals surface area contributed by atoms with Gasteiger partial charge in [0, 0.05) is 13.0 Å². The van der Waals surface area contributed by atoms with E-state index in [4.69, 9.17) is 10.2 Å². The highest BCUT2D eigenvalue weighted by Gasteiger charge is 2.28. The van der Waals surface area contributed by atoms with Crippen LogP contribution in [0.5, 0.6) is 0 Å². The first kappa shape index (κ1) is 13.6. The summed E-state index contributed by atoms with van der Waals surface area (Å²) in [5, 5.41) is 19.0. The number of carbonyl (C=O) groups is 3. The van der Waals surface area contributed by atoms with Crippen LogP contribution in [0.25, 0.3) is 0 Å². The van der Waals surface area contributed by atoms with Gasteiger partial charge < -0.3 is 15.0 Å². The first-order valence-corrected chi connectivity index (χ1v) is 5.47. The fourth-order valence-corrected chi connectivity index (χ4v) is 1.81. The number of nitrogens with zero attached hydrogens (tertiary/aromatic N) is 1. The Morgan fingerprint density at radius 1 is 1.47 bits per heavy atom. The third-order valence-electron chi connectivity index (χ3n) is 2.72. The summed E-state index contributed by atoms with van der Waals surface area (Å²) in [5.41, 5.74) is 2.71. The molecule has 7 nitrogen and oxygen atoms in total. The van der Waals surface area contributed by atoms with E-state index >= 15 is 0 Å². The van der Waals surface area contributed by atoms with E-state index in [-0.39, 0.29) is 18.9 Å². The zero-order chi connectivity index (χ0) is 12.8. The number of hydrogen-bond donors (Lipinski definition) is 3. The predicted octanol–water partition coefficient (Wildman–Crippen LogP) is -0.528. The van der Waals surface area contributed by atoms with Gasteiger partial charge in [0.15, 0.2) is 0 Å². The lowest BCUT2D eigenvalue weighted by atomic mass is 10.1. The van der Waals surface area contributed by atoms with E-state index in [9.17, 15) is 14.4 Å². The van der Waals surface area contributed by atoms with Crippen LogP contribution in [0.4, 0.5) is 0 Å². The van der Waals surface area contributed by atoms with Crippen LogP contribution >= 0.6 is 0 Å². The van der Waals surface area contributed by atoms with Crippen LogP contribution in [0.1, 0.15) is 25.7 Å². The molecule has 0 aliphatic carbocycles. The maximum absolute atomic E-state index is 10.9. The first-order chi connectivity index (χ1) is 8.04. The van der Waals surface area contributed by atoms with E-state index in [0.29, 0.717) is 13.0 Å². The van der Waals surface area contributed by atoms with Crippen molar-refractivity contribution in [3.05, 3.63) is 0 Å². The first-order valence-electron chi connectivity index (χ1n) is 5.47. The van der Waals surface area contributed by atoms with E-state index in [1.54, 1.807) is 5.01 Å². The highest BCUT2D eigenvalue weighted by molar-refractivity contribution is 5.75. The molecule has 0 bridgehead atoms. The molecule has 1 heterocycles. The molecular formula is C10H16N2O5. The SMILES string of the molecule is O=C[C@@H]1CCCN1NC(CCC(=O)O)C(=O)O. The molecule has 1 unspecified atom stereocenters. The van der Waals surface area contributed by atoms with Gasteiger partial charge in [-0.2, -0.15) is 0 Å². The van der Waals surface area contributed by atoms with Gasteiger partial charge in [0.05, 0.1) is 6.04 Å². The minimum absolute atomic E-state index is 0.00720. The lowest BCUT2D eigenvalue weighted by Gasteiger charge is -2.25. The summed E-state index contributed by atoms with van der Waals surface area (Å²) in [6.07, 6.45) is 2.07. The van der Waals surface area contributed by atoms with Gasteiger partial charge in [0.1, 0.15) is 12.3 Å². The van der Waals surface area contributed by atoms with E-state index in [1.807, 2.05) is 0 Å². The topological polar surface area (TPSA) is 107 Å². The van der Waals surface area contributed by atoms with E-state index in [0.717, 1.165) is 12.7 Å². The lowest BCUT2D eigenvalue weighted by Crippen LogP contribution is -2.51. The van der Waals surface area contributed by atoms with Crippen molar-refractivity contribution in [3.8, 4) is 0 Å². The monoisotopic (exact) mass is 244 g/mol. The van der Waals surface area contributed by atoms with Crippen LogP contribution in [0.3, 0.4) is 0 Å². The van der Waals surface area contributed by atoms with Crippen molar-refractivity contribution in [2.24, 2.45) is 0 Å². The molecule has 96 valence electrons. The molecule has 0 amide bonds. The molecule has 1 fully saturated rings. The molecule has 7 heteroatoms. The second-order valence-corrected chi connectivity index (χ2v) is 3.99. The maximum atomic E-state index is 10.9. The van der Waals surface area contributed by atoms with Crippen LogP contribution in [-0.2, 0) is 14.4 Å². The predicted molar refractivity (Wildman–Crippen MR) is 57.2 cm³/mol. The lowest BCUT2D eigenvalue weighted by molar-refractivity contribution is -0.143. The van der Waals surface area contributed by atoms with Crippen molar-refractivity contribution in [3.63, 3.8) is 0 Å². The van der Waals surface area contributed by atoms with Gasteiger partial charge in [-0.3, -0.25) is 9.59 Å². The Morgan fingerprint density at radius 2 is 2.18 bits per heavy atom. The average molecular weight is 244 g/mol. The Kier molecular flexibility index (Phi) is 5.05.